The van der Waals surface area contributed by atoms with Crippen LogP contribution in [0.25, 0.3) is 34.0 Å². The van der Waals surface area contributed by atoms with Crippen molar-refractivity contribution in [2.75, 3.05) is 0 Å². The van der Waals surface area contributed by atoms with Gasteiger partial charge in [-0.2, -0.15) is 9.61 Å². The summed E-state index contributed by atoms with van der Waals surface area (Å²) in [6.45, 7) is 0.799. The van der Waals surface area contributed by atoms with Crippen molar-refractivity contribution in [2.45, 2.75) is 6.54 Å². The fourth-order valence-electron chi connectivity index (χ4n) is 3.73. The maximum atomic E-state index is 4.84. The average molecular weight is 325 g/mol. The van der Waals surface area contributed by atoms with Crippen LogP contribution >= 0.6 is 0 Å². The number of benzene rings is 1. The second kappa shape index (κ2) is 4.51. The van der Waals surface area contributed by atoms with Crippen LogP contribution in [0.3, 0.4) is 0 Å². The van der Waals surface area contributed by atoms with E-state index in [-0.39, 0.29) is 0 Å². The van der Waals surface area contributed by atoms with Crippen molar-refractivity contribution in [3.8, 4) is 17.1 Å². The highest BCUT2D eigenvalue weighted by Gasteiger charge is 2.36. The molecule has 1 aliphatic heterocycles. The Kier molecular flexibility index (Phi) is 2.31. The zero-order chi connectivity index (χ0) is 16.4. The van der Waals surface area contributed by atoms with Crippen LogP contribution in [0.2, 0.25) is 0 Å². The van der Waals surface area contributed by atoms with Gasteiger partial charge < -0.3 is 0 Å². The van der Waals surface area contributed by atoms with Gasteiger partial charge >= 0.3 is 5.65 Å². The van der Waals surface area contributed by atoms with Crippen LogP contribution in [0.5, 0.6) is 0 Å². The number of fused-ring (bicyclic) bond motifs is 7. The molecule has 5 heterocycles. The van der Waals surface area contributed by atoms with Crippen LogP contribution in [-0.2, 0) is 6.54 Å². The molecule has 0 fully saturated rings. The van der Waals surface area contributed by atoms with Crippen LogP contribution in [0, 0.1) is 0 Å². The predicted molar refractivity (Wildman–Crippen MR) is 92.3 cm³/mol. The third-order valence-corrected chi connectivity index (χ3v) is 4.78. The fourth-order valence-corrected chi connectivity index (χ4v) is 3.73. The Morgan fingerprint density at radius 3 is 2.80 bits per heavy atom. The van der Waals surface area contributed by atoms with Gasteiger partial charge in [0.05, 0.1) is 12.1 Å². The number of pyridine rings is 1. The first kappa shape index (κ1) is 12.8. The van der Waals surface area contributed by atoms with Crippen LogP contribution in [0.15, 0.2) is 67.1 Å². The Labute approximate surface area is 142 Å². The van der Waals surface area contributed by atoms with Crippen LogP contribution < -0.4 is 4.57 Å². The molecule has 6 heteroatoms. The second-order valence-electron chi connectivity index (χ2n) is 6.17. The molecule has 1 aromatic carbocycles. The average Bonchev–Trinajstić information content (AvgIpc) is 3.30. The zero-order valence-corrected chi connectivity index (χ0v) is 13.2. The third kappa shape index (κ3) is 1.58. The van der Waals surface area contributed by atoms with E-state index in [2.05, 4.69) is 37.4 Å². The minimum atomic E-state index is 0.799. The smallest absolute Gasteiger partial charge is 0.264 e. The van der Waals surface area contributed by atoms with E-state index in [1.54, 1.807) is 6.20 Å². The number of rotatable bonds is 1. The lowest BCUT2D eigenvalue weighted by molar-refractivity contribution is -0.647. The first-order chi connectivity index (χ1) is 12.4. The molecular weight excluding hydrogens is 312 g/mol. The second-order valence-corrected chi connectivity index (χ2v) is 6.17. The summed E-state index contributed by atoms with van der Waals surface area (Å²) in [7, 11) is 0. The van der Waals surface area contributed by atoms with Crippen molar-refractivity contribution in [1.82, 2.24) is 24.1 Å². The number of imidazole rings is 2. The topological polar surface area (TPSA) is 51.9 Å². The van der Waals surface area contributed by atoms with Gasteiger partial charge in [0.15, 0.2) is 0 Å². The zero-order valence-electron chi connectivity index (χ0n) is 13.2. The monoisotopic (exact) mass is 325 g/mol. The van der Waals surface area contributed by atoms with Crippen LogP contribution in [0.1, 0.15) is 5.56 Å². The van der Waals surface area contributed by atoms with E-state index in [9.17, 15) is 0 Å². The van der Waals surface area contributed by atoms with E-state index < -0.39 is 0 Å². The first-order valence-electron chi connectivity index (χ1n) is 8.18. The van der Waals surface area contributed by atoms with Crippen molar-refractivity contribution in [1.29, 1.82) is 0 Å². The number of nitrogens with zero attached hydrogens (tertiary/aromatic N) is 6. The normalized spacial score (nSPS) is 12.6. The molecule has 6 rings (SSSR count). The maximum Gasteiger partial charge on any atom is 0.325 e. The lowest BCUT2D eigenvalue weighted by Crippen LogP contribution is -2.31. The molecule has 0 bridgehead atoms. The van der Waals surface area contributed by atoms with Gasteiger partial charge in [0, 0.05) is 30.2 Å². The van der Waals surface area contributed by atoms with Crippen LogP contribution in [-0.4, -0.2) is 24.1 Å². The summed E-state index contributed by atoms with van der Waals surface area (Å²) in [5.41, 5.74) is 6.27. The van der Waals surface area contributed by atoms with Gasteiger partial charge in [0.25, 0.3) is 5.65 Å². The highest BCUT2D eigenvalue weighted by Crippen LogP contribution is 2.33. The molecule has 0 radical (unpaired) electrons. The van der Waals surface area contributed by atoms with Crippen molar-refractivity contribution in [3.05, 3.63) is 72.7 Å². The summed E-state index contributed by atoms with van der Waals surface area (Å²) in [4.78, 5) is 9.18. The Balaban J connectivity index is 1.84. The minimum Gasteiger partial charge on any atom is -0.264 e. The summed E-state index contributed by atoms with van der Waals surface area (Å²) < 4.78 is 6.39. The van der Waals surface area contributed by atoms with Gasteiger partial charge in [-0.1, -0.05) is 23.2 Å². The molecule has 0 amide bonds. The van der Waals surface area contributed by atoms with E-state index in [0.29, 0.717) is 0 Å². The number of para-hydroxylation sites is 1. The number of hydrogen-bond acceptors (Lipinski definition) is 3. The van der Waals surface area contributed by atoms with Crippen molar-refractivity contribution in [3.63, 3.8) is 0 Å². The number of hydrogen-bond donors (Lipinski definition) is 0. The van der Waals surface area contributed by atoms with Crippen LogP contribution in [0.4, 0.5) is 0 Å². The maximum absolute atomic E-state index is 4.84. The molecule has 5 aromatic rings. The van der Waals surface area contributed by atoms with Gasteiger partial charge in [0.1, 0.15) is 5.69 Å². The predicted octanol–water partition coefficient (Wildman–Crippen LogP) is 2.38. The summed E-state index contributed by atoms with van der Waals surface area (Å²) in [5, 5.41) is 4.53. The SMILES string of the molecule is c1ccc(-n2c3[n+](c4nc5cccnn5c42)Cc2ccncc2-3)cc1. The third-order valence-electron chi connectivity index (χ3n) is 4.78. The summed E-state index contributed by atoms with van der Waals surface area (Å²) in [6, 6.07) is 16.3. The summed E-state index contributed by atoms with van der Waals surface area (Å²) in [6.07, 6.45) is 5.58. The Morgan fingerprint density at radius 2 is 1.88 bits per heavy atom. The van der Waals surface area contributed by atoms with Crippen molar-refractivity contribution < 1.29 is 4.57 Å². The molecule has 0 N–H and O–H groups in total. The first-order valence-corrected chi connectivity index (χ1v) is 8.18. The molecule has 0 saturated heterocycles. The van der Waals surface area contributed by atoms with Gasteiger partial charge in [-0.05, 0) is 24.3 Å². The minimum absolute atomic E-state index is 0.799. The lowest BCUT2D eigenvalue weighted by atomic mass is 10.2. The van der Waals surface area contributed by atoms with Gasteiger partial charge in [-0.3, -0.25) is 4.98 Å². The molecule has 0 spiro atoms. The Hall–Kier alpha value is -3.54. The highest BCUT2D eigenvalue weighted by molar-refractivity contribution is 5.78. The van der Waals surface area contributed by atoms with Crippen molar-refractivity contribution >= 4 is 16.9 Å². The molecule has 0 atom stereocenters. The quantitative estimate of drug-likeness (QED) is 0.436. The molecule has 0 aliphatic carbocycles. The molecule has 0 saturated carbocycles. The van der Waals surface area contributed by atoms with Crippen molar-refractivity contribution in [2.24, 2.45) is 0 Å². The standard InChI is InChI=1S/C19H13N6/c1-2-5-14(6-3-1)24-18-15-11-20-10-8-13(15)12-23(18)17-19(24)25-16(22-17)7-4-9-21-25/h1-11H,12H2/q+1. The Bertz CT molecular complexity index is 1270. The molecule has 0 unspecified atom stereocenters. The van der Waals surface area contributed by atoms with E-state index in [1.807, 2.05) is 47.2 Å². The molecular formula is C19H13N6+. The molecule has 6 nitrogen and oxygen atoms in total. The molecule has 4 aromatic heterocycles. The van der Waals surface area contributed by atoms with E-state index >= 15 is 0 Å². The van der Waals surface area contributed by atoms with E-state index in [4.69, 9.17) is 4.98 Å². The van der Waals surface area contributed by atoms with E-state index in [0.717, 1.165) is 40.6 Å². The summed E-state index contributed by atoms with van der Waals surface area (Å²) >= 11 is 0. The highest BCUT2D eigenvalue weighted by atomic mass is 15.4. The van der Waals surface area contributed by atoms with E-state index in [1.165, 1.54) is 5.56 Å². The van der Waals surface area contributed by atoms with Gasteiger partial charge in [0.2, 0.25) is 11.5 Å². The fraction of sp³-hybridized carbons (Fsp3) is 0.0526. The largest absolute Gasteiger partial charge is 0.325 e. The Morgan fingerprint density at radius 1 is 0.960 bits per heavy atom. The van der Waals surface area contributed by atoms with Gasteiger partial charge in [-0.25, -0.2) is 9.13 Å². The molecule has 118 valence electrons. The van der Waals surface area contributed by atoms with Gasteiger partial charge in [-0.15, -0.1) is 0 Å². The molecule has 25 heavy (non-hydrogen) atoms. The molecule has 1 aliphatic rings. The summed E-state index contributed by atoms with van der Waals surface area (Å²) in [5.74, 6) is 1.10. The number of aromatic nitrogens is 6. The lowest BCUT2D eigenvalue weighted by Gasteiger charge is -2.03.